The van der Waals surface area contributed by atoms with Crippen molar-refractivity contribution in [3.63, 3.8) is 0 Å². The maximum atomic E-state index is 12.1. The second-order valence-electron chi connectivity index (χ2n) is 5.56. The molecule has 0 aliphatic heterocycles. The first-order valence-corrected chi connectivity index (χ1v) is 7.02. The van der Waals surface area contributed by atoms with Crippen LogP contribution in [-0.2, 0) is 16.0 Å². The summed E-state index contributed by atoms with van der Waals surface area (Å²) in [5.74, 6) is -1.30. The van der Waals surface area contributed by atoms with Gasteiger partial charge in [-0.25, -0.2) is 4.79 Å². The molecule has 1 aromatic rings. The molecular formula is C15H20N2O4. The van der Waals surface area contributed by atoms with Crippen molar-refractivity contribution < 1.29 is 19.8 Å². The predicted molar refractivity (Wildman–Crippen MR) is 76.8 cm³/mol. The fraction of sp³-hybridized carbons (Fsp3) is 0.467. The number of hydrogen-bond donors (Lipinski definition) is 4. The Morgan fingerprint density at radius 3 is 2.33 bits per heavy atom. The Kier molecular flexibility index (Phi) is 4.47. The number of benzene rings is 1. The van der Waals surface area contributed by atoms with Gasteiger partial charge in [0, 0.05) is 0 Å². The van der Waals surface area contributed by atoms with E-state index in [1.165, 1.54) is 12.1 Å². The van der Waals surface area contributed by atoms with E-state index in [9.17, 15) is 19.8 Å². The van der Waals surface area contributed by atoms with Crippen LogP contribution >= 0.6 is 0 Å². The topological polar surface area (TPSA) is 113 Å². The molecule has 1 amide bonds. The molecule has 1 aliphatic rings. The van der Waals surface area contributed by atoms with Crippen molar-refractivity contribution in [2.75, 3.05) is 0 Å². The van der Waals surface area contributed by atoms with E-state index in [4.69, 9.17) is 5.73 Å². The summed E-state index contributed by atoms with van der Waals surface area (Å²) in [6.45, 7) is 0. The van der Waals surface area contributed by atoms with E-state index in [0.717, 1.165) is 18.4 Å². The minimum atomic E-state index is -1.16. The van der Waals surface area contributed by atoms with E-state index in [-0.39, 0.29) is 5.75 Å². The lowest BCUT2D eigenvalue weighted by atomic mass is 9.96. The number of rotatable bonds is 5. The molecule has 0 heterocycles. The van der Waals surface area contributed by atoms with Gasteiger partial charge < -0.3 is 21.3 Å². The Morgan fingerprint density at radius 2 is 1.81 bits per heavy atom. The van der Waals surface area contributed by atoms with E-state index < -0.39 is 23.5 Å². The lowest BCUT2D eigenvalue weighted by molar-refractivity contribution is -0.147. The second-order valence-corrected chi connectivity index (χ2v) is 5.56. The largest absolute Gasteiger partial charge is 0.508 e. The first kappa shape index (κ1) is 15.3. The molecule has 1 aromatic carbocycles. The van der Waals surface area contributed by atoms with Crippen molar-refractivity contribution in [3.8, 4) is 5.75 Å². The van der Waals surface area contributed by atoms with Gasteiger partial charge in [-0.2, -0.15) is 0 Å². The molecule has 0 saturated heterocycles. The third-order valence-electron chi connectivity index (χ3n) is 3.96. The standard InChI is InChI=1S/C15H20N2O4/c16-12(9-10-3-5-11(18)6-4-10)13(19)17-15(14(20)21)7-1-2-8-15/h3-6,12,18H,1-2,7-9,16H2,(H,17,19)(H,20,21)/t12-/m1/s1. The van der Waals surface area contributed by atoms with Gasteiger partial charge in [-0.15, -0.1) is 0 Å². The SMILES string of the molecule is N[C@H](Cc1ccc(O)cc1)C(=O)NC1(C(=O)O)CCCC1. The van der Waals surface area contributed by atoms with Crippen LogP contribution in [0.4, 0.5) is 0 Å². The molecule has 6 nitrogen and oxygen atoms in total. The highest BCUT2D eigenvalue weighted by Gasteiger charge is 2.43. The summed E-state index contributed by atoms with van der Waals surface area (Å²) in [4.78, 5) is 23.5. The minimum Gasteiger partial charge on any atom is -0.508 e. The number of carboxylic acid groups (broad SMARTS) is 1. The first-order valence-electron chi connectivity index (χ1n) is 7.02. The zero-order valence-electron chi connectivity index (χ0n) is 11.7. The molecule has 6 heteroatoms. The Bertz CT molecular complexity index is 521. The van der Waals surface area contributed by atoms with Gasteiger partial charge >= 0.3 is 5.97 Å². The highest BCUT2D eigenvalue weighted by molar-refractivity contribution is 5.89. The summed E-state index contributed by atoms with van der Waals surface area (Å²) in [5, 5.41) is 21.2. The highest BCUT2D eigenvalue weighted by atomic mass is 16.4. The molecule has 1 atom stereocenters. The van der Waals surface area contributed by atoms with Crippen LogP contribution in [0.5, 0.6) is 5.75 Å². The Balaban J connectivity index is 1.99. The van der Waals surface area contributed by atoms with E-state index in [2.05, 4.69) is 5.32 Å². The molecule has 5 N–H and O–H groups in total. The number of nitrogens with one attached hydrogen (secondary N) is 1. The molecule has 0 spiro atoms. The van der Waals surface area contributed by atoms with Crippen LogP contribution in [0.3, 0.4) is 0 Å². The average Bonchev–Trinajstić information content (AvgIpc) is 2.91. The molecule has 0 bridgehead atoms. The lowest BCUT2D eigenvalue weighted by Gasteiger charge is -2.27. The predicted octanol–water partition coefficient (Wildman–Crippen LogP) is 0.776. The summed E-state index contributed by atoms with van der Waals surface area (Å²) >= 11 is 0. The van der Waals surface area contributed by atoms with Crippen LogP contribution in [0.15, 0.2) is 24.3 Å². The minimum absolute atomic E-state index is 0.146. The number of carbonyl (C=O) groups is 2. The average molecular weight is 292 g/mol. The zero-order chi connectivity index (χ0) is 15.5. The number of aromatic hydroxyl groups is 1. The summed E-state index contributed by atoms with van der Waals surface area (Å²) in [7, 11) is 0. The summed E-state index contributed by atoms with van der Waals surface area (Å²) < 4.78 is 0. The molecular weight excluding hydrogens is 272 g/mol. The Labute approximate surface area is 123 Å². The smallest absolute Gasteiger partial charge is 0.329 e. The molecule has 114 valence electrons. The Morgan fingerprint density at radius 1 is 1.24 bits per heavy atom. The zero-order valence-corrected chi connectivity index (χ0v) is 11.7. The quantitative estimate of drug-likeness (QED) is 0.640. The molecule has 1 saturated carbocycles. The van der Waals surface area contributed by atoms with Crippen LogP contribution in [0.25, 0.3) is 0 Å². The second kappa shape index (κ2) is 6.13. The van der Waals surface area contributed by atoms with Crippen LogP contribution < -0.4 is 11.1 Å². The van der Waals surface area contributed by atoms with Crippen LogP contribution in [0.2, 0.25) is 0 Å². The number of phenolic OH excluding ortho intramolecular Hbond substituents is 1. The normalized spacial score (nSPS) is 18.1. The monoisotopic (exact) mass is 292 g/mol. The number of phenols is 1. The van der Waals surface area contributed by atoms with E-state index in [1.54, 1.807) is 12.1 Å². The third kappa shape index (κ3) is 3.52. The number of amides is 1. The van der Waals surface area contributed by atoms with Gasteiger partial charge in [-0.3, -0.25) is 4.79 Å². The molecule has 1 fully saturated rings. The number of hydrogen-bond acceptors (Lipinski definition) is 4. The van der Waals surface area contributed by atoms with Gasteiger partial charge in [0.2, 0.25) is 5.91 Å². The van der Waals surface area contributed by atoms with Crippen molar-refractivity contribution in [3.05, 3.63) is 29.8 Å². The fourth-order valence-electron chi connectivity index (χ4n) is 2.68. The molecule has 0 radical (unpaired) electrons. The van der Waals surface area contributed by atoms with Crippen molar-refractivity contribution >= 4 is 11.9 Å². The Hall–Kier alpha value is -2.08. The van der Waals surface area contributed by atoms with Crippen molar-refractivity contribution in [2.45, 2.75) is 43.7 Å². The number of aliphatic carboxylic acids is 1. The maximum absolute atomic E-state index is 12.1. The van der Waals surface area contributed by atoms with Crippen molar-refractivity contribution in [1.82, 2.24) is 5.32 Å². The van der Waals surface area contributed by atoms with Gasteiger partial charge in [-0.1, -0.05) is 25.0 Å². The molecule has 1 aliphatic carbocycles. The lowest BCUT2D eigenvalue weighted by Crippen LogP contribution is -2.57. The summed E-state index contributed by atoms with van der Waals surface area (Å²) in [5.41, 5.74) is 5.51. The van der Waals surface area contributed by atoms with Crippen LogP contribution in [0, 0.1) is 0 Å². The summed E-state index contributed by atoms with van der Waals surface area (Å²) in [6.07, 6.45) is 2.77. The van der Waals surface area contributed by atoms with E-state index in [1.807, 2.05) is 0 Å². The van der Waals surface area contributed by atoms with Gasteiger partial charge in [0.1, 0.15) is 11.3 Å². The maximum Gasteiger partial charge on any atom is 0.329 e. The van der Waals surface area contributed by atoms with Crippen LogP contribution in [0.1, 0.15) is 31.2 Å². The molecule has 21 heavy (non-hydrogen) atoms. The van der Waals surface area contributed by atoms with E-state index >= 15 is 0 Å². The van der Waals surface area contributed by atoms with Gasteiger partial charge in [0.15, 0.2) is 0 Å². The van der Waals surface area contributed by atoms with Gasteiger partial charge in [0.05, 0.1) is 6.04 Å². The van der Waals surface area contributed by atoms with Crippen molar-refractivity contribution in [1.29, 1.82) is 0 Å². The highest BCUT2D eigenvalue weighted by Crippen LogP contribution is 2.30. The molecule has 0 unspecified atom stereocenters. The fourth-order valence-corrected chi connectivity index (χ4v) is 2.68. The third-order valence-corrected chi connectivity index (χ3v) is 3.96. The van der Waals surface area contributed by atoms with Crippen LogP contribution in [-0.4, -0.2) is 33.7 Å². The van der Waals surface area contributed by atoms with Crippen molar-refractivity contribution in [2.24, 2.45) is 5.73 Å². The number of carboxylic acids is 1. The van der Waals surface area contributed by atoms with Gasteiger partial charge in [-0.05, 0) is 37.0 Å². The summed E-state index contributed by atoms with van der Waals surface area (Å²) in [6, 6.07) is 5.60. The number of nitrogens with two attached hydrogens (primary N) is 1. The molecule has 0 aromatic heterocycles. The van der Waals surface area contributed by atoms with E-state index in [0.29, 0.717) is 19.3 Å². The first-order chi connectivity index (χ1) is 9.93. The number of carbonyl (C=O) groups excluding carboxylic acids is 1. The molecule has 2 rings (SSSR count). The van der Waals surface area contributed by atoms with Gasteiger partial charge in [0.25, 0.3) is 0 Å².